The van der Waals surface area contributed by atoms with E-state index in [-0.39, 0.29) is 41.7 Å². The van der Waals surface area contributed by atoms with E-state index in [4.69, 9.17) is 11.6 Å². The summed E-state index contributed by atoms with van der Waals surface area (Å²) in [6.45, 7) is 2.04. The first-order chi connectivity index (χ1) is 11.9. The second kappa shape index (κ2) is 8.89. The van der Waals surface area contributed by atoms with Gasteiger partial charge in [-0.25, -0.2) is 13.1 Å². The van der Waals surface area contributed by atoms with E-state index >= 15 is 0 Å². The van der Waals surface area contributed by atoms with Crippen molar-refractivity contribution in [1.82, 2.24) is 15.4 Å². The molecule has 26 heavy (non-hydrogen) atoms. The molecular weight excluding hydrogens is 397 g/mol. The molecular formula is C17H25Cl2N3O3S. The van der Waals surface area contributed by atoms with E-state index in [0.717, 1.165) is 32.4 Å². The Labute approximate surface area is 165 Å². The van der Waals surface area contributed by atoms with Crippen LogP contribution in [0.15, 0.2) is 29.2 Å². The highest BCUT2D eigenvalue weighted by Crippen LogP contribution is 2.43. The lowest BCUT2D eigenvalue weighted by Gasteiger charge is -2.37. The highest BCUT2D eigenvalue weighted by atomic mass is 35.5. The van der Waals surface area contributed by atoms with Gasteiger partial charge in [0.2, 0.25) is 15.9 Å². The lowest BCUT2D eigenvalue weighted by molar-refractivity contribution is -0.133. The molecule has 6 nitrogen and oxygen atoms in total. The molecule has 1 aromatic rings. The molecule has 0 radical (unpaired) electrons. The van der Waals surface area contributed by atoms with Gasteiger partial charge in [-0.2, -0.15) is 0 Å². The Hall–Kier alpha value is -0.860. The van der Waals surface area contributed by atoms with Gasteiger partial charge in [0.25, 0.3) is 0 Å². The molecule has 2 aliphatic rings. The number of carbonyl (C=O) groups is 1. The van der Waals surface area contributed by atoms with Gasteiger partial charge in [0.05, 0.1) is 10.3 Å². The van der Waals surface area contributed by atoms with Gasteiger partial charge in [0, 0.05) is 24.7 Å². The quantitative estimate of drug-likeness (QED) is 0.612. The molecule has 2 fully saturated rings. The zero-order valence-electron chi connectivity index (χ0n) is 14.5. The van der Waals surface area contributed by atoms with Crippen molar-refractivity contribution in [3.05, 3.63) is 29.3 Å². The Morgan fingerprint density at radius 1 is 1.31 bits per heavy atom. The van der Waals surface area contributed by atoms with Crippen LogP contribution in [0, 0.1) is 11.3 Å². The summed E-state index contributed by atoms with van der Waals surface area (Å²) in [5.41, 5.74) is -0.315. The number of hydrogen-bond acceptors (Lipinski definition) is 4. The third-order valence-corrected chi connectivity index (χ3v) is 6.99. The lowest BCUT2D eigenvalue weighted by Crippen LogP contribution is -2.49. The van der Waals surface area contributed by atoms with Crippen LogP contribution in [0.1, 0.15) is 25.7 Å². The number of carbonyl (C=O) groups excluding carboxylic acids is 1. The van der Waals surface area contributed by atoms with Crippen LogP contribution >= 0.6 is 24.0 Å². The SMILES string of the molecule is Cl.O=C(NCCNS(=O)(=O)c1cccc(Cl)c1)[C@@]12CCCC[C@H]1CNC2. The van der Waals surface area contributed by atoms with Crippen LogP contribution < -0.4 is 15.4 Å². The van der Waals surface area contributed by atoms with Gasteiger partial charge in [0.15, 0.2) is 0 Å². The molecule has 0 spiro atoms. The summed E-state index contributed by atoms with van der Waals surface area (Å²) in [7, 11) is -3.62. The molecule has 3 rings (SSSR count). The van der Waals surface area contributed by atoms with E-state index < -0.39 is 10.0 Å². The number of nitrogens with one attached hydrogen (secondary N) is 3. The Balaban J connectivity index is 0.00000243. The topological polar surface area (TPSA) is 87.3 Å². The van der Waals surface area contributed by atoms with Crippen molar-refractivity contribution in [2.45, 2.75) is 30.6 Å². The summed E-state index contributed by atoms with van der Waals surface area (Å²) < 4.78 is 26.9. The number of halogens is 2. The summed E-state index contributed by atoms with van der Waals surface area (Å²) in [6, 6.07) is 6.10. The molecule has 0 unspecified atom stereocenters. The normalized spacial score (nSPS) is 25.2. The molecule has 1 aliphatic carbocycles. The predicted octanol–water partition coefficient (Wildman–Crippen LogP) is 1.94. The average Bonchev–Trinajstić information content (AvgIpc) is 3.04. The highest BCUT2D eigenvalue weighted by Gasteiger charge is 2.49. The van der Waals surface area contributed by atoms with E-state index in [9.17, 15) is 13.2 Å². The first-order valence-corrected chi connectivity index (χ1v) is 10.5. The van der Waals surface area contributed by atoms with Gasteiger partial charge in [-0.15, -0.1) is 12.4 Å². The zero-order chi connectivity index (χ0) is 17.9. The van der Waals surface area contributed by atoms with Crippen LogP contribution in [-0.2, 0) is 14.8 Å². The summed E-state index contributed by atoms with van der Waals surface area (Å²) >= 11 is 5.84. The monoisotopic (exact) mass is 421 g/mol. The standard InChI is InChI=1S/C17H24ClN3O3S.ClH/c18-14-5-3-6-15(10-14)25(23,24)21-9-8-20-16(22)17-7-2-1-4-13(17)11-19-12-17;/h3,5-6,10,13,19,21H,1-2,4,7-9,11-12H2,(H,20,22);1H/t13-,17+;/m0./s1. The van der Waals surface area contributed by atoms with Crippen molar-refractivity contribution < 1.29 is 13.2 Å². The van der Waals surface area contributed by atoms with Crippen molar-refractivity contribution in [3.8, 4) is 0 Å². The van der Waals surface area contributed by atoms with Crippen LogP contribution in [0.3, 0.4) is 0 Å². The summed E-state index contributed by atoms with van der Waals surface area (Å²) in [5.74, 6) is 0.438. The molecule has 0 aromatic heterocycles. The second-order valence-corrected chi connectivity index (χ2v) is 9.04. The molecule has 9 heteroatoms. The maximum Gasteiger partial charge on any atom is 0.240 e. The second-order valence-electron chi connectivity index (χ2n) is 6.84. The minimum Gasteiger partial charge on any atom is -0.354 e. The number of amides is 1. The molecule has 1 amide bonds. The predicted molar refractivity (Wildman–Crippen MR) is 104 cm³/mol. The van der Waals surface area contributed by atoms with E-state index in [0.29, 0.717) is 10.9 Å². The molecule has 1 heterocycles. The summed E-state index contributed by atoms with van der Waals surface area (Å²) in [6.07, 6.45) is 4.25. The smallest absolute Gasteiger partial charge is 0.240 e. The molecule has 1 aromatic carbocycles. The van der Waals surface area contributed by atoms with Crippen molar-refractivity contribution in [3.63, 3.8) is 0 Å². The van der Waals surface area contributed by atoms with Gasteiger partial charge < -0.3 is 10.6 Å². The maximum atomic E-state index is 12.7. The number of hydrogen-bond donors (Lipinski definition) is 3. The van der Waals surface area contributed by atoms with Gasteiger partial charge >= 0.3 is 0 Å². The first-order valence-electron chi connectivity index (χ1n) is 8.68. The summed E-state index contributed by atoms with van der Waals surface area (Å²) in [5, 5.41) is 6.63. The average molecular weight is 422 g/mol. The van der Waals surface area contributed by atoms with Gasteiger partial charge in [0.1, 0.15) is 0 Å². The van der Waals surface area contributed by atoms with Crippen LogP contribution in [0.25, 0.3) is 0 Å². The third kappa shape index (κ3) is 4.51. The number of fused-ring (bicyclic) bond motifs is 1. The first kappa shape index (κ1) is 21.4. The Bertz CT molecular complexity index is 745. The maximum absolute atomic E-state index is 12.7. The fourth-order valence-electron chi connectivity index (χ4n) is 3.95. The van der Waals surface area contributed by atoms with Crippen LogP contribution in [0.4, 0.5) is 0 Å². The zero-order valence-corrected chi connectivity index (χ0v) is 16.9. The van der Waals surface area contributed by atoms with Crippen LogP contribution in [-0.4, -0.2) is 40.5 Å². The Kier molecular flexibility index (Phi) is 7.33. The number of sulfonamides is 1. The molecule has 146 valence electrons. The molecule has 0 bridgehead atoms. The fraction of sp³-hybridized carbons (Fsp3) is 0.588. The van der Waals surface area contributed by atoms with Crippen LogP contribution in [0.2, 0.25) is 5.02 Å². The molecule has 1 aliphatic heterocycles. The van der Waals surface area contributed by atoms with E-state index in [1.807, 2.05) is 0 Å². The number of benzene rings is 1. The van der Waals surface area contributed by atoms with Crippen molar-refractivity contribution in [2.24, 2.45) is 11.3 Å². The van der Waals surface area contributed by atoms with Crippen molar-refractivity contribution in [2.75, 3.05) is 26.2 Å². The highest BCUT2D eigenvalue weighted by molar-refractivity contribution is 7.89. The Morgan fingerprint density at radius 2 is 2.12 bits per heavy atom. The van der Waals surface area contributed by atoms with E-state index in [2.05, 4.69) is 15.4 Å². The molecule has 1 saturated heterocycles. The van der Waals surface area contributed by atoms with Crippen LogP contribution in [0.5, 0.6) is 0 Å². The van der Waals surface area contributed by atoms with Gasteiger partial charge in [-0.05, 0) is 43.5 Å². The minimum absolute atomic E-state index is 0. The van der Waals surface area contributed by atoms with Crippen molar-refractivity contribution in [1.29, 1.82) is 0 Å². The number of rotatable bonds is 6. The van der Waals surface area contributed by atoms with E-state index in [1.165, 1.54) is 18.6 Å². The largest absolute Gasteiger partial charge is 0.354 e. The van der Waals surface area contributed by atoms with Gasteiger partial charge in [-0.3, -0.25) is 4.79 Å². The minimum atomic E-state index is -3.62. The third-order valence-electron chi connectivity index (χ3n) is 5.30. The summed E-state index contributed by atoms with van der Waals surface area (Å²) in [4.78, 5) is 12.8. The molecule has 3 N–H and O–H groups in total. The molecule has 2 atom stereocenters. The van der Waals surface area contributed by atoms with Gasteiger partial charge in [-0.1, -0.05) is 30.5 Å². The van der Waals surface area contributed by atoms with E-state index in [1.54, 1.807) is 12.1 Å². The molecule has 1 saturated carbocycles. The Morgan fingerprint density at radius 3 is 2.88 bits per heavy atom. The fourth-order valence-corrected chi connectivity index (χ4v) is 5.28. The lowest BCUT2D eigenvalue weighted by atomic mass is 9.67. The van der Waals surface area contributed by atoms with Crippen molar-refractivity contribution >= 4 is 39.9 Å².